The normalized spacial score (nSPS) is 12.3. The van der Waals surface area contributed by atoms with E-state index >= 15 is 0 Å². The van der Waals surface area contributed by atoms with Gasteiger partial charge in [0.2, 0.25) is 0 Å². The Bertz CT molecular complexity index is 1840. The first kappa shape index (κ1) is 30.9. The van der Waals surface area contributed by atoms with E-state index in [1.165, 1.54) is 10.7 Å². The van der Waals surface area contributed by atoms with E-state index in [1.54, 1.807) is 26.8 Å². The lowest BCUT2D eigenvalue weighted by Crippen LogP contribution is -2.27. The number of benzene rings is 3. The molecule has 0 spiro atoms. The van der Waals surface area contributed by atoms with Gasteiger partial charge in [-0.3, -0.25) is 0 Å². The zero-order chi connectivity index (χ0) is 31.8. The molecule has 1 N–H and O–H groups in total. The van der Waals surface area contributed by atoms with Crippen LogP contribution >= 0.6 is 0 Å². The molecule has 0 saturated heterocycles. The van der Waals surface area contributed by atoms with Crippen LogP contribution in [0.15, 0.2) is 60.7 Å². The predicted molar refractivity (Wildman–Crippen MR) is 166 cm³/mol. The number of anilines is 2. The topological polar surface area (TPSA) is 85.2 Å². The molecule has 44 heavy (non-hydrogen) atoms. The summed E-state index contributed by atoms with van der Waals surface area (Å²) in [5.74, 6) is 0.332. The van der Waals surface area contributed by atoms with E-state index in [-0.39, 0.29) is 5.69 Å². The Labute approximate surface area is 253 Å². The number of carbonyl (C=O) groups is 1. The molecular weight excluding hydrogens is 569 g/mol. The minimum atomic E-state index is -4.49. The fourth-order valence-corrected chi connectivity index (χ4v) is 5.08. The second kappa shape index (κ2) is 11.9. The Morgan fingerprint density at radius 2 is 1.68 bits per heavy atom. The number of nitrogens with zero attached hydrogens (tertiary/aromatic N) is 5. The number of hydrogen-bond donors (Lipinski definition) is 1. The number of ether oxygens (including phenoxy) is 1. The van der Waals surface area contributed by atoms with Crippen LogP contribution in [0.3, 0.4) is 0 Å². The Balaban J connectivity index is 1.54. The highest BCUT2D eigenvalue weighted by molar-refractivity contribution is 6.02. The summed E-state index contributed by atoms with van der Waals surface area (Å²) in [7, 11) is 3.86. The number of aryl methyl sites for hydroxylation is 2. The molecule has 11 heteroatoms. The third kappa shape index (κ3) is 6.83. The van der Waals surface area contributed by atoms with Crippen LogP contribution in [0.2, 0.25) is 0 Å². The largest absolute Gasteiger partial charge is 0.442 e. The molecular formula is C33H35F3N6O2. The molecule has 3 aromatic carbocycles. The Kier molecular flexibility index (Phi) is 8.35. The van der Waals surface area contributed by atoms with Gasteiger partial charge in [0.05, 0.1) is 16.8 Å². The summed E-state index contributed by atoms with van der Waals surface area (Å²) in [4.78, 5) is 14.9. The van der Waals surface area contributed by atoms with E-state index in [4.69, 9.17) is 4.74 Å². The minimum absolute atomic E-state index is 0.282. The van der Waals surface area contributed by atoms with Gasteiger partial charge in [0.15, 0.2) is 5.82 Å². The molecule has 0 radical (unpaired) electrons. The maximum Gasteiger partial charge on any atom is 0.435 e. The molecule has 5 rings (SSSR count). The van der Waals surface area contributed by atoms with E-state index < -0.39 is 23.4 Å². The van der Waals surface area contributed by atoms with Crippen molar-refractivity contribution in [1.29, 1.82) is 0 Å². The summed E-state index contributed by atoms with van der Waals surface area (Å²) in [6.07, 6.45) is -3.86. The Hall–Kier alpha value is -4.51. The van der Waals surface area contributed by atoms with Crippen LogP contribution in [0.1, 0.15) is 44.0 Å². The molecule has 2 heterocycles. The molecule has 8 nitrogen and oxygen atoms in total. The summed E-state index contributed by atoms with van der Waals surface area (Å²) in [5.41, 5.74) is 1.94. The van der Waals surface area contributed by atoms with Crippen LogP contribution in [-0.4, -0.2) is 57.2 Å². The monoisotopic (exact) mass is 604 g/mol. The van der Waals surface area contributed by atoms with E-state index in [0.717, 1.165) is 29.8 Å². The summed E-state index contributed by atoms with van der Waals surface area (Å²) in [6.45, 7) is 7.95. The number of alkyl halides is 3. The van der Waals surface area contributed by atoms with Crippen LogP contribution in [0, 0.1) is 6.92 Å². The zero-order valence-corrected chi connectivity index (χ0v) is 25.6. The number of nitrogens with one attached hydrogen (secondary N) is 1. The standard InChI is InChI=1S/C33H35F3N6O2/c1-20-25-14-13-22(18-28(25)42(40-20)31(43)44-32(2,3)4)29-26-11-7-8-12-27(26)30(39-38-29)37-24-17-21(10-9-15-41(5)6)16-23(19-24)33(34,35)36/h7-8,11-14,16-19H,9-10,15H2,1-6H3,(H,37,39). The Morgan fingerprint density at radius 3 is 2.36 bits per heavy atom. The smallest absolute Gasteiger partial charge is 0.435 e. The highest BCUT2D eigenvalue weighted by Crippen LogP contribution is 2.36. The van der Waals surface area contributed by atoms with Crippen molar-refractivity contribution in [2.24, 2.45) is 0 Å². The molecule has 0 aliphatic rings. The second-order valence-corrected chi connectivity index (χ2v) is 12.1. The lowest BCUT2D eigenvalue weighted by atomic mass is 10.0. The molecule has 0 bridgehead atoms. The van der Waals surface area contributed by atoms with Crippen molar-refractivity contribution in [3.05, 3.63) is 77.5 Å². The highest BCUT2D eigenvalue weighted by atomic mass is 19.4. The first-order valence-electron chi connectivity index (χ1n) is 14.3. The van der Waals surface area contributed by atoms with Crippen molar-refractivity contribution in [1.82, 2.24) is 24.9 Å². The molecule has 0 amide bonds. The quantitative estimate of drug-likeness (QED) is 0.202. The second-order valence-electron chi connectivity index (χ2n) is 12.1. The van der Waals surface area contributed by atoms with Gasteiger partial charge >= 0.3 is 12.3 Å². The number of fused-ring (bicyclic) bond motifs is 2. The molecule has 0 fully saturated rings. The molecule has 0 unspecified atom stereocenters. The molecule has 0 saturated carbocycles. The maximum atomic E-state index is 13.8. The van der Waals surface area contributed by atoms with E-state index in [2.05, 4.69) is 20.6 Å². The number of hydrogen-bond acceptors (Lipinski definition) is 7. The lowest BCUT2D eigenvalue weighted by Gasteiger charge is -2.19. The van der Waals surface area contributed by atoms with Crippen LogP contribution in [0.4, 0.5) is 29.5 Å². The summed E-state index contributed by atoms with van der Waals surface area (Å²) in [6, 6.07) is 17.0. The minimum Gasteiger partial charge on any atom is -0.442 e. The van der Waals surface area contributed by atoms with Gasteiger partial charge in [0.25, 0.3) is 0 Å². The van der Waals surface area contributed by atoms with Crippen molar-refractivity contribution >= 4 is 39.3 Å². The van der Waals surface area contributed by atoms with Crippen molar-refractivity contribution < 1.29 is 22.7 Å². The van der Waals surface area contributed by atoms with E-state index in [1.807, 2.05) is 68.4 Å². The third-order valence-electron chi connectivity index (χ3n) is 7.05. The van der Waals surface area contributed by atoms with Crippen LogP contribution < -0.4 is 5.32 Å². The van der Waals surface area contributed by atoms with Crippen LogP contribution in [0.25, 0.3) is 32.9 Å². The van der Waals surface area contributed by atoms with Gasteiger partial charge in [-0.1, -0.05) is 36.4 Å². The summed E-state index contributed by atoms with van der Waals surface area (Å²) >= 11 is 0. The number of aromatic nitrogens is 4. The van der Waals surface area contributed by atoms with E-state index in [0.29, 0.717) is 45.7 Å². The molecule has 5 aromatic rings. The van der Waals surface area contributed by atoms with Gasteiger partial charge in [-0.2, -0.15) is 23.0 Å². The summed E-state index contributed by atoms with van der Waals surface area (Å²) in [5, 5.41) is 18.6. The van der Waals surface area contributed by atoms with Crippen molar-refractivity contribution in [3.8, 4) is 11.3 Å². The maximum absolute atomic E-state index is 13.8. The molecule has 0 aliphatic carbocycles. The first-order chi connectivity index (χ1) is 20.7. The van der Waals surface area contributed by atoms with Gasteiger partial charge < -0.3 is 15.0 Å². The van der Waals surface area contributed by atoms with E-state index in [9.17, 15) is 18.0 Å². The van der Waals surface area contributed by atoms with Gasteiger partial charge in [-0.05, 0) is 91.0 Å². The average molecular weight is 605 g/mol. The molecule has 230 valence electrons. The van der Waals surface area contributed by atoms with Gasteiger partial charge in [0.1, 0.15) is 11.3 Å². The SMILES string of the molecule is Cc1nn(C(=O)OC(C)(C)C)c2cc(-c3nnc(Nc4cc(CCCN(C)C)cc(C(F)(F)F)c4)c4ccccc34)ccc12. The Morgan fingerprint density at radius 1 is 0.955 bits per heavy atom. The van der Waals surface area contributed by atoms with Gasteiger partial charge in [-0.15, -0.1) is 10.2 Å². The third-order valence-corrected chi connectivity index (χ3v) is 7.05. The fraction of sp³-hybridized carbons (Fsp3) is 0.333. The molecule has 2 aromatic heterocycles. The lowest BCUT2D eigenvalue weighted by molar-refractivity contribution is -0.137. The van der Waals surface area contributed by atoms with Crippen LogP contribution in [-0.2, 0) is 17.3 Å². The van der Waals surface area contributed by atoms with Crippen molar-refractivity contribution in [3.63, 3.8) is 0 Å². The zero-order valence-electron chi connectivity index (χ0n) is 25.6. The number of halogens is 3. The van der Waals surface area contributed by atoms with Crippen molar-refractivity contribution in [2.45, 2.75) is 52.3 Å². The van der Waals surface area contributed by atoms with Crippen molar-refractivity contribution in [2.75, 3.05) is 26.0 Å². The molecule has 0 aliphatic heterocycles. The number of carbonyl (C=O) groups excluding carboxylic acids is 1. The van der Waals surface area contributed by atoms with Gasteiger partial charge in [-0.25, -0.2) is 4.79 Å². The van der Waals surface area contributed by atoms with Gasteiger partial charge in [0, 0.05) is 27.4 Å². The molecule has 0 atom stereocenters. The van der Waals surface area contributed by atoms with Crippen LogP contribution in [0.5, 0.6) is 0 Å². The fourth-order valence-electron chi connectivity index (χ4n) is 5.08. The number of rotatable bonds is 7. The highest BCUT2D eigenvalue weighted by Gasteiger charge is 2.31. The summed E-state index contributed by atoms with van der Waals surface area (Å²) < 4.78 is 48.2. The predicted octanol–water partition coefficient (Wildman–Crippen LogP) is 7.99. The average Bonchev–Trinajstić information content (AvgIpc) is 3.27. The first-order valence-corrected chi connectivity index (χ1v) is 14.3.